The Labute approximate surface area is 79.5 Å². The molecule has 70 valence electrons. The summed E-state index contributed by atoms with van der Waals surface area (Å²) in [6.07, 6.45) is 1.02. The summed E-state index contributed by atoms with van der Waals surface area (Å²) in [4.78, 5) is 10.7. The lowest BCUT2D eigenvalue weighted by atomic mass is 10.4. The van der Waals surface area contributed by atoms with E-state index in [-0.39, 0.29) is 5.69 Å². The van der Waals surface area contributed by atoms with Crippen LogP contribution in [0.2, 0.25) is 0 Å². The minimum atomic E-state index is -4.47. The van der Waals surface area contributed by atoms with Crippen LogP contribution < -0.4 is 3.97 Å². The molecule has 0 aliphatic carbocycles. The number of aromatic nitrogens is 1. The molecular formula is C6H5ClNO4S+. The van der Waals surface area contributed by atoms with Crippen molar-refractivity contribution in [3.05, 3.63) is 30.1 Å². The van der Waals surface area contributed by atoms with Crippen LogP contribution >= 0.6 is 11.6 Å². The highest BCUT2D eigenvalue weighted by molar-refractivity contribution is 7.79. The zero-order chi connectivity index (χ0) is 10.1. The normalized spacial score (nSPS) is 11.2. The van der Waals surface area contributed by atoms with E-state index in [0.717, 1.165) is 6.20 Å². The Kier molecular flexibility index (Phi) is 2.65. The van der Waals surface area contributed by atoms with E-state index in [1.807, 2.05) is 0 Å². The number of halogens is 1. The molecule has 7 heteroatoms. The molecule has 13 heavy (non-hydrogen) atoms. The molecule has 0 amide bonds. The molecule has 1 aromatic rings. The molecule has 0 radical (unpaired) electrons. The molecule has 0 bridgehead atoms. The Morgan fingerprint density at radius 3 is 2.46 bits per heavy atom. The maximum absolute atomic E-state index is 10.7. The van der Waals surface area contributed by atoms with Gasteiger partial charge in [0.2, 0.25) is 0 Å². The maximum Gasteiger partial charge on any atom is 0.512 e. The predicted molar refractivity (Wildman–Crippen MR) is 43.8 cm³/mol. The van der Waals surface area contributed by atoms with Gasteiger partial charge in [-0.25, -0.2) is 4.55 Å². The average Bonchev–Trinajstić information content (AvgIpc) is 2.03. The van der Waals surface area contributed by atoms with Crippen molar-refractivity contribution in [3.8, 4) is 0 Å². The Bertz CT molecular complexity index is 442. The maximum atomic E-state index is 10.7. The van der Waals surface area contributed by atoms with E-state index < -0.39 is 15.5 Å². The fourth-order valence-corrected chi connectivity index (χ4v) is 1.60. The van der Waals surface area contributed by atoms with Gasteiger partial charge in [-0.3, -0.25) is 4.79 Å². The van der Waals surface area contributed by atoms with Crippen LogP contribution in [-0.2, 0) is 10.3 Å². The summed E-state index contributed by atoms with van der Waals surface area (Å²) >= 11 is 5.08. The number of carbonyl (C=O) groups is 1. The van der Waals surface area contributed by atoms with E-state index in [0.29, 0.717) is 3.97 Å². The number of rotatable bonds is 2. The average molecular weight is 223 g/mol. The van der Waals surface area contributed by atoms with Crippen molar-refractivity contribution < 1.29 is 21.7 Å². The van der Waals surface area contributed by atoms with Crippen molar-refractivity contribution in [2.45, 2.75) is 0 Å². The third-order valence-corrected chi connectivity index (χ3v) is 2.28. The van der Waals surface area contributed by atoms with Gasteiger partial charge in [0.05, 0.1) is 0 Å². The molecule has 0 aliphatic rings. The third-order valence-electron chi connectivity index (χ3n) is 1.27. The molecule has 0 atom stereocenters. The standard InChI is InChI=1S/C6H4ClNO4S/c7-6(9)5-3-1-2-4-8(5)13(10,11)12/h1-4H/p+1. The summed E-state index contributed by atoms with van der Waals surface area (Å²) in [5.41, 5.74) is -0.313. The lowest BCUT2D eigenvalue weighted by Crippen LogP contribution is -2.46. The first-order valence-corrected chi connectivity index (χ1v) is 4.89. The number of nitrogens with zero attached hydrogens (tertiary/aromatic N) is 1. The van der Waals surface area contributed by atoms with Crippen LogP contribution in [0.4, 0.5) is 0 Å². The topological polar surface area (TPSA) is 75.3 Å². The minimum Gasteiger partial charge on any atom is -0.269 e. The highest BCUT2D eigenvalue weighted by Gasteiger charge is 2.26. The van der Waals surface area contributed by atoms with E-state index in [1.54, 1.807) is 0 Å². The Morgan fingerprint density at radius 2 is 2.08 bits per heavy atom. The second kappa shape index (κ2) is 3.41. The fraction of sp³-hybridized carbons (Fsp3) is 0. The Balaban J connectivity index is 3.46. The van der Waals surface area contributed by atoms with E-state index in [2.05, 4.69) is 0 Å². The van der Waals surface area contributed by atoms with Gasteiger partial charge in [-0.05, 0) is 17.7 Å². The predicted octanol–water partition coefficient (Wildman–Crippen LogP) is 0.00400. The fourth-order valence-electron chi connectivity index (χ4n) is 0.782. The van der Waals surface area contributed by atoms with Gasteiger partial charge in [0, 0.05) is 12.1 Å². The van der Waals surface area contributed by atoms with Crippen molar-refractivity contribution >= 4 is 27.1 Å². The van der Waals surface area contributed by atoms with E-state index >= 15 is 0 Å². The van der Waals surface area contributed by atoms with Gasteiger partial charge in [-0.15, -0.1) is 8.42 Å². The smallest absolute Gasteiger partial charge is 0.269 e. The zero-order valence-corrected chi connectivity index (χ0v) is 7.79. The molecule has 0 unspecified atom stereocenters. The van der Waals surface area contributed by atoms with Gasteiger partial charge >= 0.3 is 15.5 Å². The lowest BCUT2D eigenvalue weighted by Gasteiger charge is -1.93. The van der Waals surface area contributed by atoms with Gasteiger partial charge in [0.15, 0.2) is 6.20 Å². The minimum absolute atomic E-state index is 0.313. The molecule has 0 saturated heterocycles. The number of hydrogen-bond acceptors (Lipinski definition) is 3. The zero-order valence-electron chi connectivity index (χ0n) is 6.21. The van der Waals surface area contributed by atoms with Crippen molar-refractivity contribution in [2.24, 2.45) is 0 Å². The summed E-state index contributed by atoms with van der Waals surface area (Å²) in [6, 6.07) is 3.96. The first-order chi connectivity index (χ1) is 5.93. The first kappa shape index (κ1) is 10.1. The second-order valence-electron chi connectivity index (χ2n) is 2.13. The van der Waals surface area contributed by atoms with Gasteiger partial charge < -0.3 is 0 Å². The highest BCUT2D eigenvalue weighted by atomic mass is 35.5. The monoisotopic (exact) mass is 222 g/mol. The van der Waals surface area contributed by atoms with Crippen molar-refractivity contribution in [1.29, 1.82) is 0 Å². The highest BCUT2D eigenvalue weighted by Crippen LogP contribution is 1.97. The van der Waals surface area contributed by atoms with Crippen LogP contribution in [0.1, 0.15) is 10.5 Å². The second-order valence-corrected chi connectivity index (χ2v) is 3.77. The van der Waals surface area contributed by atoms with Crippen LogP contribution in [0.3, 0.4) is 0 Å². The van der Waals surface area contributed by atoms with E-state index in [4.69, 9.17) is 16.2 Å². The molecule has 1 aromatic heterocycles. The summed E-state index contributed by atoms with van der Waals surface area (Å²) in [7, 11) is -4.47. The molecular weight excluding hydrogens is 218 g/mol. The van der Waals surface area contributed by atoms with Crippen LogP contribution in [0.15, 0.2) is 24.4 Å². The molecule has 0 aromatic carbocycles. The van der Waals surface area contributed by atoms with Crippen molar-refractivity contribution in [3.63, 3.8) is 0 Å². The summed E-state index contributed by atoms with van der Waals surface area (Å²) < 4.78 is 30.4. The molecule has 1 rings (SSSR count). The largest absolute Gasteiger partial charge is 0.512 e. The van der Waals surface area contributed by atoms with Crippen LogP contribution in [0.25, 0.3) is 0 Å². The summed E-state index contributed by atoms with van der Waals surface area (Å²) in [5.74, 6) is 0. The SMILES string of the molecule is O=C(Cl)c1cccc[n+]1S(=O)(=O)O. The van der Waals surface area contributed by atoms with E-state index in [9.17, 15) is 13.2 Å². The van der Waals surface area contributed by atoms with Crippen LogP contribution in [-0.4, -0.2) is 18.2 Å². The van der Waals surface area contributed by atoms with Crippen LogP contribution in [0, 0.1) is 0 Å². The van der Waals surface area contributed by atoms with E-state index in [1.165, 1.54) is 18.2 Å². The molecule has 0 aliphatic heterocycles. The molecule has 1 N–H and O–H groups in total. The molecule has 0 spiro atoms. The van der Waals surface area contributed by atoms with Crippen molar-refractivity contribution in [1.82, 2.24) is 0 Å². The third kappa shape index (κ3) is 2.24. The quantitative estimate of drug-likeness (QED) is 0.434. The van der Waals surface area contributed by atoms with Gasteiger partial charge in [-0.1, -0.05) is 3.97 Å². The molecule has 0 saturated carbocycles. The summed E-state index contributed by atoms with van der Waals surface area (Å²) in [5, 5.41) is -0.960. The number of hydrogen-bond donors (Lipinski definition) is 1. The Hall–Kier alpha value is -0.980. The summed E-state index contributed by atoms with van der Waals surface area (Å²) in [6.45, 7) is 0. The van der Waals surface area contributed by atoms with Crippen LogP contribution in [0.5, 0.6) is 0 Å². The van der Waals surface area contributed by atoms with Gasteiger partial charge in [0.25, 0.3) is 5.69 Å². The number of pyridine rings is 1. The van der Waals surface area contributed by atoms with Gasteiger partial charge in [-0.2, -0.15) is 0 Å². The molecule has 5 nitrogen and oxygen atoms in total. The lowest BCUT2D eigenvalue weighted by molar-refractivity contribution is -0.521. The molecule has 0 fully saturated rings. The molecule has 1 heterocycles. The van der Waals surface area contributed by atoms with Crippen molar-refractivity contribution in [2.75, 3.05) is 0 Å². The Morgan fingerprint density at radius 1 is 1.46 bits per heavy atom. The number of carbonyl (C=O) groups excluding carboxylic acids is 1. The van der Waals surface area contributed by atoms with Gasteiger partial charge in [0.1, 0.15) is 0 Å². The first-order valence-electron chi connectivity index (χ1n) is 3.11.